The number of allylic oxidation sites excluding steroid dienone is 1. The van der Waals surface area contributed by atoms with Crippen molar-refractivity contribution in [2.75, 3.05) is 10.6 Å². The summed E-state index contributed by atoms with van der Waals surface area (Å²) in [7, 11) is 0. The van der Waals surface area contributed by atoms with E-state index in [2.05, 4.69) is 41.6 Å². The average molecular weight is 526 g/mol. The molecule has 0 spiro atoms. The van der Waals surface area contributed by atoms with Crippen molar-refractivity contribution in [1.82, 2.24) is 30.9 Å². The minimum atomic E-state index is -0.697. The third-order valence-corrected chi connectivity index (χ3v) is 6.27. The predicted octanol–water partition coefficient (Wildman–Crippen LogP) is 4.69. The van der Waals surface area contributed by atoms with Crippen molar-refractivity contribution in [1.29, 1.82) is 0 Å². The first-order chi connectivity index (χ1) is 18.5. The van der Waals surface area contributed by atoms with E-state index < -0.39 is 6.04 Å². The number of rotatable bonds is 5. The van der Waals surface area contributed by atoms with Gasteiger partial charge in [-0.05, 0) is 42.5 Å². The molecule has 11 nitrogen and oxygen atoms in total. The minimum absolute atomic E-state index is 0.273. The van der Waals surface area contributed by atoms with Gasteiger partial charge in [0.05, 0.1) is 5.57 Å². The van der Waals surface area contributed by atoms with E-state index in [4.69, 9.17) is 21.0 Å². The number of guanidine groups is 1. The van der Waals surface area contributed by atoms with Gasteiger partial charge in [-0.3, -0.25) is 10.1 Å². The molecule has 5 aromatic rings. The first kappa shape index (κ1) is 23.4. The number of tetrazole rings is 1. The van der Waals surface area contributed by atoms with Crippen LogP contribution in [0.1, 0.15) is 18.5 Å². The van der Waals surface area contributed by atoms with Gasteiger partial charge >= 0.3 is 6.01 Å². The van der Waals surface area contributed by atoms with Crippen molar-refractivity contribution in [3.8, 4) is 11.4 Å². The molecular weight excluding hydrogens is 506 g/mol. The molecule has 0 radical (unpaired) electrons. The van der Waals surface area contributed by atoms with Crippen LogP contribution in [-0.2, 0) is 4.79 Å². The average Bonchev–Trinajstić information content (AvgIpc) is 3.59. The molecule has 4 N–H and O–H groups in total. The number of nitrogens with zero attached hydrogens (tertiary/aromatic N) is 5. The Labute approximate surface area is 221 Å². The van der Waals surface area contributed by atoms with Crippen molar-refractivity contribution >= 4 is 46.3 Å². The molecule has 188 valence electrons. The molecular formula is C26H20ClN9O2. The number of nitrogens with one attached hydrogen (secondary N) is 4. The lowest BCUT2D eigenvalue weighted by Crippen LogP contribution is -2.37. The maximum absolute atomic E-state index is 13.6. The Kier molecular flexibility index (Phi) is 6.02. The molecule has 1 aliphatic rings. The lowest BCUT2D eigenvalue weighted by Gasteiger charge is -2.27. The van der Waals surface area contributed by atoms with E-state index in [0.29, 0.717) is 56.0 Å². The highest BCUT2D eigenvalue weighted by molar-refractivity contribution is 6.31. The van der Waals surface area contributed by atoms with Crippen molar-refractivity contribution in [3.63, 3.8) is 0 Å². The number of aromatic amines is 1. The summed E-state index contributed by atoms with van der Waals surface area (Å²) >= 11 is 6.56. The summed E-state index contributed by atoms with van der Waals surface area (Å²) in [5.74, 6) is 0.453. The number of H-pyrrole nitrogens is 1. The number of para-hydroxylation sites is 2. The summed E-state index contributed by atoms with van der Waals surface area (Å²) in [6, 6.07) is 21.5. The van der Waals surface area contributed by atoms with E-state index in [1.807, 2.05) is 48.5 Å². The van der Waals surface area contributed by atoms with Crippen LogP contribution in [0.4, 0.5) is 11.7 Å². The molecule has 12 heteroatoms. The molecule has 3 aromatic carbocycles. The van der Waals surface area contributed by atoms with Gasteiger partial charge in [0, 0.05) is 27.5 Å². The number of anilines is 2. The number of carbonyl (C=O) groups excluding carboxylic acids is 1. The zero-order chi connectivity index (χ0) is 26.1. The molecule has 1 aliphatic heterocycles. The van der Waals surface area contributed by atoms with Crippen LogP contribution >= 0.6 is 11.6 Å². The molecule has 2 aromatic heterocycles. The van der Waals surface area contributed by atoms with Gasteiger partial charge in [0.15, 0.2) is 5.58 Å². The van der Waals surface area contributed by atoms with Crippen LogP contribution in [0, 0.1) is 0 Å². The van der Waals surface area contributed by atoms with Gasteiger partial charge in [0.1, 0.15) is 11.6 Å². The fourth-order valence-corrected chi connectivity index (χ4v) is 4.44. The fraction of sp³-hybridized carbons (Fsp3) is 0.0769. The quantitative estimate of drug-likeness (QED) is 0.258. The van der Waals surface area contributed by atoms with Crippen LogP contribution in [-0.4, -0.2) is 37.5 Å². The van der Waals surface area contributed by atoms with Crippen molar-refractivity contribution in [2.24, 2.45) is 4.99 Å². The molecule has 1 atom stereocenters. The highest BCUT2D eigenvalue weighted by atomic mass is 35.5. The summed E-state index contributed by atoms with van der Waals surface area (Å²) < 4.78 is 5.78. The number of fused-ring (bicyclic) bond motifs is 1. The number of aromatic nitrogens is 5. The van der Waals surface area contributed by atoms with Gasteiger partial charge in [0.25, 0.3) is 5.91 Å². The zero-order valence-corrected chi connectivity index (χ0v) is 20.7. The summed E-state index contributed by atoms with van der Waals surface area (Å²) in [4.78, 5) is 22.9. The van der Waals surface area contributed by atoms with E-state index in [9.17, 15) is 4.79 Å². The Bertz CT molecular complexity index is 1680. The van der Waals surface area contributed by atoms with E-state index in [0.717, 1.165) is 0 Å². The van der Waals surface area contributed by atoms with Crippen LogP contribution < -0.4 is 16.0 Å². The second-order valence-corrected chi connectivity index (χ2v) is 8.85. The van der Waals surface area contributed by atoms with Crippen molar-refractivity contribution in [2.45, 2.75) is 13.0 Å². The van der Waals surface area contributed by atoms with E-state index >= 15 is 0 Å². The largest absolute Gasteiger partial charge is 0.423 e. The third-order valence-electron chi connectivity index (χ3n) is 5.93. The summed E-state index contributed by atoms with van der Waals surface area (Å²) in [5, 5.41) is 23.7. The van der Waals surface area contributed by atoms with Gasteiger partial charge in [-0.2, -0.15) is 10.2 Å². The smallest absolute Gasteiger partial charge is 0.302 e. The number of benzene rings is 3. The zero-order valence-electron chi connectivity index (χ0n) is 19.9. The summed E-state index contributed by atoms with van der Waals surface area (Å²) in [6.07, 6.45) is 0. The van der Waals surface area contributed by atoms with Crippen molar-refractivity contribution < 1.29 is 9.21 Å². The topological polar surface area (TPSA) is 146 Å². The second-order valence-electron chi connectivity index (χ2n) is 8.45. The molecule has 0 bridgehead atoms. The normalized spacial score (nSPS) is 15.2. The molecule has 3 heterocycles. The van der Waals surface area contributed by atoms with Crippen LogP contribution in [0.5, 0.6) is 0 Å². The highest BCUT2D eigenvalue weighted by Gasteiger charge is 2.31. The Balaban J connectivity index is 1.32. The van der Waals surface area contributed by atoms with Gasteiger partial charge in [-0.1, -0.05) is 54.1 Å². The van der Waals surface area contributed by atoms with Crippen molar-refractivity contribution in [3.05, 3.63) is 94.7 Å². The number of carbonyl (C=O) groups is 1. The number of amides is 1. The molecule has 0 saturated carbocycles. The molecule has 0 saturated heterocycles. The molecule has 0 aliphatic carbocycles. The van der Waals surface area contributed by atoms with E-state index in [1.54, 1.807) is 31.2 Å². The molecule has 1 amide bonds. The SMILES string of the molecule is CC1=C(C(=O)Nc2cccc(-c3nn[nH]n3)c2)C(c2ccccc2Cl)N=C(Nc2nc3ccccc3o2)N1. The Hall–Kier alpha value is -5.03. The number of hydrogen-bond acceptors (Lipinski definition) is 9. The minimum Gasteiger partial charge on any atom is -0.423 e. The Morgan fingerprint density at radius 3 is 2.71 bits per heavy atom. The standard InChI is InChI=1S/C26H20ClN9O2/c1-14-21(24(37)29-16-8-6-7-15(13-16)23-33-35-36-34-23)22(17-9-2-3-10-18(17)27)31-25(28-14)32-26-30-19-11-4-5-12-20(19)38-26/h2-13,22H,1H3,(H,29,37)(H2,28,30,31,32)(H,33,34,35,36). The van der Waals surface area contributed by atoms with Crippen LogP contribution in [0.25, 0.3) is 22.5 Å². The number of halogens is 1. The number of hydrogen-bond donors (Lipinski definition) is 4. The lowest BCUT2D eigenvalue weighted by molar-refractivity contribution is -0.113. The monoisotopic (exact) mass is 525 g/mol. The van der Waals surface area contributed by atoms with Crippen LogP contribution in [0.15, 0.2) is 93.5 Å². The number of aliphatic imine (C=N–C) groups is 1. The van der Waals surface area contributed by atoms with Gasteiger partial charge in [-0.15, -0.1) is 10.2 Å². The molecule has 38 heavy (non-hydrogen) atoms. The predicted molar refractivity (Wildman–Crippen MR) is 143 cm³/mol. The summed E-state index contributed by atoms with van der Waals surface area (Å²) in [6.45, 7) is 1.80. The van der Waals surface area contributed by atoms with Crippen LogP contribution in [0.2, 0.25) is 5.02 Å². The highest BCUT2D eigenvalue weighted by Crippen LogP contribution is 2.35. The second kappa shape index (κ2) is 9.79. The molecule has 1 unspecified atom stereocenters. The van der Waals surface area contributed by atoms with Gasteiger partial charge < -0.3 is 15.1 Å². The van der Waals surface area contributed by atoms with Crippen LogP contribution in [0.3, 0.4) is 0 Å². The number of oxazole rings is 1. The molecule has 0 fully saturated rings. The maximum atomic E-state index is 13.6. The Morgan fingerprint density at radius 2 is 1.89 bits per heavy atom. The maximum Gasteiger partial charge on any atom is 0.302 e. The first-order valence-electron chi connectivity index (χ1n) is 11.6. The lowest BCUT2D eigenvalue weighted by atomic mass is 9.95. The van der Waals surface area contributed by atoms with Gasteiger partial charge in [0.2, 0.25) is 11.8 Å². The van der Waals surface area contributed by atoms with E-state index in [-0.39, 0.29) is 11.9 Å². The van der Waals surface area contributed by atoms with E-state index in [1.165, 1.54) is 0 Å². The fourth-order valence-electron chi connectivity index (χ4n) is 4.20. The molecule has 6 rings (SSSR count). The van der Waals surface area contributed by atoms with Gasteiger partial charge in [-0.25, -0.2) is 4.99 Å². The third kappa shape index (κ3) is 4.58. The first-order valence-corrected chi connectivity index (χ1v) is 12.0. The summed E-state index contributed by atoms with van der Waals surface area (Å²) in [5.41, 5.74) is 4.30. The Morgan fingerprint density at radius 1 is 1.05 bits per heavy atom.